The fourth-order valence-corrected chi connectivity index (χ4v) is 4.57. The maximum Gasteiger partial charge on any atom is 0.257 e. The van der Waals surface area contributed by atoms with Crippen LogP contribution in [0.25, 0.3) is 10.6 Å². The molecule has 2 aromatic carbocycles. The SMILES string of the molecule is Cc1ccc(S(=O)(=O)NCc2ccco2)cc1C(=O)Nc1nnc(-c2ccccc2)s1. The molecule has 2 heterocycles. The van der Waals surface area contributed by atoms with E-state index < -0.39 is 15.9 Å². The second kappa shape index (κ2) is 8.80. The van der Waals surface area contributed by atoms with Crippen LogP contribution < -0.4 is 10.0 Å². The van der Waals surface area contributed by atoms with E-state index >= 15 is 0 Å². The van der Waals surface area contributed by atoms with Gasteiger partial charge in [0.2, 0.25) is 15.2 Å². The summed E-state index contributed by atoms with van der Waals surface area (Å²) >= 11 is 1.24. The molecular formula is C21H18N4O4S2. The van der Waals surface area contributed by atoms with Gasteiger partial charge >= 0.3 is 0 Å². The van der Waals surface area contributed by atoms with Gasteiger partial charge in [0.15, 0.2) is 0 Å². The maximum absolute atomic E-state index is 12.8. The van der Waals surface area contributed by atoms with Crippen molar-refractivity contribution in [2.75, 3.05) is 5.32 Å². The van der Waals surface area contributed by atoms with Crippen LogP contribution >= 0.6 is 11.3 Å². The van der Waals surface area contributed by atoms with Gasteiger partial charge in [0, 0.05) is 11.1 Å². The van der Waals surface area contributed by atoms with Crippen molar-refractivity contribution < 1.29 is 17.6 Å². The molecule has 0 aliphatic carbocycles. The van der Waals surface area contributed by atoms with Crippen molar-refractivity contribution in [1.82, 2.24) is 14.9 Å². The summed E-state index contributed by atoms with van der Waals surface area (Å²) in [5.74, 6) is 0.0236. The number of sulfonamides is 1. The van der Waals surface area contributed by atoms with Crippen LogP contribution in [0, 0.1) is 6.92 Å². The number of aromatic nitrogens is 2. The molecule has 4 aromatic rings. The van der Waals surface area contributed by atoms with Gasteiger partial charge in [-0.05, 0) is 36.8 Å². The number of anilines is 1. The van der Waals surface area contributed by atoms with E-state index in [9.17, 15) is 13.2 Å². The van der Waals surface area contributed by atoms with Crippen LogP contribution in [-0.4, -0.2) is 24.5 Å². The number of rotatable bonds is 7. The maximum atomic E-state index is 12.8. The molecule has 0 atom stereocenters. The van der Waals surface area contributed by atoms with Gasteiger partial charge < -0.3 is 4.42 Å². The van der Waals surface area contributed by atoms with Gasteiger partial charge in [0.1, 0.15) is 10.8 Å². The molecule has 4 rings (SSSR count). The smallest absolute Gasteiger partial charge is 0.257 e. The summed E-state index contributed by atoms with van der Waals surface area (Å²) in [5.41, 5.74) is 1.76. The molecular weight excluding hydrogens is 436 g/mol. The Morgan fingerprint density at radius 1 is 1.06 bits per heavy atom. The Labute approximate surface area is 183 Å². The molecule has 2 aromatic heterocycles. The van der Waals surface area contributed by atoms with Crippen LogP contribution in [-0.2, 0) is 16.6 Å². The van der Waals surface area contributed by atoms with Gasteiger partial charge in [-0.25, -0.2) is 13.1 Å². The molecule has 2 N–H and O–H groups in total. The first-order valence-corrected chi connectivity index (χ1v) is 11.6. The molecule has 8 nitrogen and oxygen atoms in total. The Kier molecular flexibility index (Phi) is 5.94. The van der Waals surface area contributed by atoms with Crippen molar-refractivity contribution in [3.8, 4) is 10.6 Å². The molecule has 0 saturated heterocycles. The second-order valence-electron chi connectivity index (χ2n) is 6.61. The molecule has 0 radical (unpaired) electrons. The highest BCUT2D eigenvalue weighted by Crippen LogP contribution is 2.26. The number of hydrogen-bond acceptors (Lipinski definition) is 7. The molecule has 0 unspecified atom stereocenters. The Hall–Kier alpha value is -3.34. The Morgan fingerprint density at radius 3 is 2.61 bits per heavy atom. The molecule has 1 amide bonds. The average molecular weight is 455 g/mol. The molecule has 31 heavy (non-hydrogen) atoms. The summed E-state index contributed by atoms with van der Waals surface area (Å²) in [6.07, 6.45) is 1.47. The first-order chi connectivity index (χ1) is 14.9. The molecule has 0 bridgehead atoms. The van der Waals surface area contributed by atoms with E-state index in [0.29, 0.717) is 21.5 Å². The summed E-state index contributed by atoms with van der Waals surface area (Å²) in [4.78, 5) is 12.8. The Morgan fingerprint density at radius 2 is 1.87 bits per heavy atom. The van der Waals surface area contributed by atoms with Crippen molar-refractivity contribution in [2.45, 2.75) is 18.4 Å². The summed E-state index contributed by atoms with van der Waals surface area (Å²) in [6.45, 7) is 1.74. The lowest BCUT2D eigenvalue weighted by molar-refractivity contribution is 0.102. The van der Waals surface area contributed by atoms with E-state index in [0.717, 1.165) is 5.56 Å². The fraction of sp³-hybridized carbons (Fsp3) is 0.0952. The third-order valence-corrected chi connectivity index (χ3v) is 6.73. The summed E-state index contributed by atoms with van der Waals surface area (Å²) < 4.78 is 32.9. The molecule has 0 saturated carbocycles. The lowest BCUT2D eigenvalue weighted by atomic mass is 10.1. The third kappa shape index (κ3) is 4.88. The van der Waals surface area contributed by atoms with E-state index in [1.54, 1.807) is 25.1 Å². The molecule has 10 heteroatoms. The number of benzene rings is 2. The number of nitrogens with one attached hydrogen (secondary N) is 2. The van der Waals surface area contributed by atoms with Gasteiger partial charge in [0.05, 0.1) is 17.7 Å². The van der Waals surface area contributed by atoms with Crippen molar-refractivity contribution in [3.63, 3.8) is 0 Å². The summed E-state index contributed by atoms with van der Waals surface area (Å²) in [5, 5.41) is 11.8. The minimum atomic E-state index is -3.83. The van der Waals surface area contributed by atoms with Crippen LogP contribution in [0.2, 0.25) is 0 Å². The van der Waals surface area contributed by atoms with Crippen molar-refractivity contribution >= 4 is 32.4 Å². The van der Waals surface area contributed by atoms with Gasteiger partial charge in [-0.3, -0.25) is 10.1 Å². The predicted octanol–water partition coefficient (Wildman–Crippen LogP) is 3.84. The molecule has 0 spiro atoms. The van der Waals surface area contributed by atoms with E-state index in [4.69, 9.17) is 4.42 Å². The van der Waals surface area contributed by atoms with E-state index in [1.807, 2.05) is 30.3 Å². The average Bonchev–Trinajstić information content (AvgIpc) is 3.45. The monoisotopic (exact) mass is 454 g/mol. The zero-order chi connectivity index (χ0) is 21.8. The minimum Gasteiger partial charge on any atom is -0.468 e. The van der Waals surface area contributed by atoms with Crippen LogP contribution in [0.15, 0.2) is 76.2 Å². The lowest BCUT2D eigenvalue weighted by Crippen LogP contribution is -2.24. The second-order valence-corrected chi connectivity index (χ2v) is 9.36. The van der Waals surface area contributed by atoms with Crippen LogP contribution in [0.3, 0.4) is 0 Å². The predicted molar refractivity (Wildman–Crippen MR) is 117 cm³/mol. The standard InChI is InChI=1S/C21H18N4O4S2/c1-14-9-10-17(31(27,28)22-13-16-8-5-11-29-16)12-18(14)19(26)23-21-25-24-20(30-21)15-6-3-2-4-7-15/h2-12,22H,13H2,1H3,(H,23,25,26). The van der Waals surface area contributed by atoms with Gasteiger partial charge in [0.25, 0.3) is 5.91 Å². The number of aryl methyl sites for hydroxylation is 1. The van der Waals surface area contributed by atoms with Crippen LogP contribution in [0.4, 0.5) is 5.13 Å². The highest BCUT2D eigenvalue weighted by Gasteiger charge is 2.19. The minimum absolute atomic E-state index is 0.0117. The topological polar surface area (TPSA) is 114 Å². The summed E-state index contributed by atoms with van der Waals surface area (Å²) in [6, 6.07) is 17.2. The van der Waals surface area contributed by atoms with Crippen molar-refractivity contribution in [2.24, 2.45) is 0 Å². The number of furan rings is 1. The lowest BCUT2D eigenvalue weighted by Gasteiger charge is -2.10. The third-order valence-electron chi connectivity index (χ3n) is 4.45. The number of carbonyl (C=O) groups is 1. The largest absolute Gasteiger partial charge is 0.468 e. The Balaban J connectivity index is 1.51. The van der Waals surface area contributed by atoms with Crippen LogP contribution in [0.5, 0.6) is 0 Å². The summed E-state index contributed by atoms with van der Waals surface area (Å²) in [7, 11) is -3.83. The van der Waals surface area contributed by atoms with E-state index in [2.05, 4.69) is 20.2 Å². The highest BCUT2D eigenvalue weighted by molar-refractivity contribution is 7.89. The molecule has 0 aliphatic rings. The van der Waals surface area contributed by atoms with Crippen molar-refractivity contribution in [1.29, 1.82) is 0 Å². The number of amides is 1. The highest BCUT2D eigenvalue weighted by atomic mass is 32.2. The van der Waals surface area contributed by atoms with Gasteiger partial charge in [-0.15, -0.1) is 10.2 Å². The first kappa shape index (κ1) is 20.9. The van der Waals surface area contributed by atoms with Crippen molar-refractivity contribution in [3.05, 3.63) is 83.8 Å². The van der Waals surface area contributed by atoms with Crippen LogP contribution in [0.1, 0.15) is 21.7 Å². The Bertz CT molecular complexity index is 1300. The van der Waals surface area contributed by atoms with E-state index in [1.165, 1.54) is 29.7 Å². The fourth-order valence-electron chi connectivity index (χ4n) is 2.81. The molecule has 0 fully saturated rings. The number of hydrogen-bond donors (Lipinski definition) is 2. The quantitative estimate of drug-likeness (QED) is 0.439. The number of nitrogens with zero attached hydrogens (tertiary/aromatic N) is 2. The normalized spacial score (nSPS) is 11.4. The first-order valence-electron chi connectivity index (χ1n) is 9.25. The van der Waals surface area contributed by atoms with Gasteiger partial charge in [-0.2, -0.15) is 0 Å². The zero-order valence-corrected chi connectivity index (χ0v) is 18.0. The molecule has 0 aliphatic heterocycles. The van der Waals surface area contributed by atoms with E-state index in [-0.39, 0.29) is 17.0 Å². The number of carbonyl (C=O) groups excluding carboxylic acids is 1. The zero-order valence-electron chi connectivity index (χ0n) is 16.4. The molecule has 158 valence electrons. The van der Waals surface area contributed by atoms with Gasteiger partial charge in [-0.1, -0.05) is 47.7 Å².